The monoisotopic (exact) mass is 292 g/mol. The molecule has 1 saturated heterocycles. The molecule has 0 bridgehead atoms. The van der Waals surface area contributed by atoms with Crippen molar-refractivity contribution >= 4 is 23.5 Å². The summed E-state index contributed by atoms with van der Waals surface area (Å²) in [7, 11) is 0. The van der Waals surface area contributed by atoms with Crippen molar-refractivity contribution in [2.45, 2.75) is 25.5 Å². The Labute approximate surface area is 121 Å². The maximum absolute atomic E-state index is 12.3. The van der Waals surface area contributed by atoms with Crippen LogP contribution in [0.25, 0.3) is 0 Å². The Kier molecular flexibility index (Phi) is 3.95. The molecule has 1 aromatic rings. The number of likely N-dealkylation sites (tertiary alicyclic amines) is 1. The van der Waals surface area contributed by atoms with Gasteiger partial charge in [0.05, 0.1) is 11.3 Å². The van der Waals surface area contributed by atoms with E-state index in [1.165, 1.54) is 25.1 Å². The number of nitrogens with zero attached hydrogens (tertiary/aromatic N) is 1. The minimum absolute atomic E-state index is 0.0816. The van der Waals surface area contributed by atoms with E-state index in [2.05, 4.69) is 5.32 Å². The number of carboxylic acid groups (broad SMARTS) is 1. The molecule has 1 atom stereocenters. The van der Waals surface area contributed by atoms with Crippen molar-refractivity contribution in [2.24, 2.45) is 0 Å². The molecule has 112 valence electrons. The number of carbonyl (C=O) groups is 3. The third-order valence-corrected chi connectivity index (χ3v) is 3.50. The van der Waals surface area contributed by atoms with E-state index in [1.54, 1.807) is 6.07 Å². The zero-order chi connectivity index (χ0) is 15.6. The number of hydrogen-bond donors (Lipinski definition) is 3. The Morgan fingerprint density at radius 3 is 2.57 bits per heavy atom. The molecular formula is C14H16N2O5. The Morgan fingerprint density at radius 2 is 1.95 bits per heavy atom. The highest BCUT2D eigenvalue weighted by Gasteiger charge is 2.47. The first-order chi connectivity index (χ1) is 9.86. The number of para-hydroxylation sites is 1. The van der Waals surface area contributed by atoms with Crippen molar-refractivity contribution in [3.8, 4) is 0 Å². The second kappa shape index (κ2) is 5.53. The van der Waals surface area contributed by atoms with E-state index in [4.69, 9.17) is 5.11 Å². The van der Waals surface area contributed by atoms with Crippen LogP contribution in [0.4, 0.5) is 5.69 Å². The lowest BCUT2D eigenvalue weighted by atomic mass is 10.1. The van der Waals surface area contributed by atoms with Crippen molar-refractivity contribution in [1.82, 2.24) is 4.90 Å². The summed E-state index contributed by atoms with van der Waals surface area (Å²) in [5, 5.41) is 21.9. The number of hydrogen-bond acceptors (Lipinski definition) is 4. The quantitative estimate of drug-likeness (QED) is 0.758. The summed E-state index contributed by atoms with van der Waals surface area (Å²) in [6, 6.07) is 5.88. The molecule has 21 heavy (non-hydrogen) atoms. The van der Waals surface area contributed by atoms with Gasteiger partial charge in [0.25, 0.3) is 5.91 Å². The smallest absolute Gasteiger partial charge is 0.337 e. The van der Waals surface area contributed by atoms with E-state index in [1.807, 2.05) is 0 Å². The highest BCUT2D eigenvalue weighted by molar-refractivity contribution is 6.04. The number of benzene rings is 1. The molecule has 1 aliphatic heterocycles. The second-order valence-corrected chi connectivity index (χ2v) is 4.90. The molecule has 1 heterocycles. The van der Waals surface area contributed by atoms with Gasteiger partial charge in [0.2, 0.25) is 11.6 Å². The van der Waals surface area contributed by atoms with E-state index < -0.39 is 23.5 Å². The number of anilines is 1. The van der Waals surface area contributed by atoms with Crippen molar-refractivity contribution in [1.29, 1.82) is 0 Å². The normalized spacial score (nSPS) is 21.1. The van der Waals surface area contributed by atoms with Crippen LogP contribution in [0.15, 0.2) is 24.3 Å². The first kappa shape index (κ1) is 15.0. The predicted molar refractivity (Wildman–Crippen MR) is 73.6 cm³/mol. The van der Waals surface area contributed by atoms with Crippen LogP contribution in [0.1, 0.15) is 30.1 Å². The number of rotatable bonds is 3. The maximum Gasteiger partial charge on any atom is 0.337 e. The van der Waals surface area contributed by atoms with E-state index in [-0.39, 0.29) is 17.7 Å². The summed E-state index contributed by atoms with van der Waals surface area (Å²) in [6.07, 6.45) is 0.623. The van der Waals surface area contributed by atoms with Crippen LogP contribution in [0.3, 0.4) is 0 Å². The lowest BCUT2D eigenvalue weighted by Crippen LogP contribution is -2.54. The minimum atomic E-state index is -1.93. The van der Waals surface area contributed by atoms with E-state index in [0.29, 0.717) is 13.0 Å². The highest BCUT2D eigenvalue weighted by Crippen LogP contribution is 2.29. The van der Waals surface area contributed by atoms with Crippen molar-refractivity contribution in [3.05, 3.63) is 29.8 Å². The van der Waals surface area contributed by atoms with Crippen LogP contribution in [0.5, 0.6) is 0 Å². The van der Waals surface area contributed by atoms with Gasteiger partial charge in [-0.05, 0) is 18.6 Å². The number of nitrogens with one attached hydrogen (secondary N) is 1. The molecule has 0 aliphatic carbocycles. The fraction of sp³-hybridized carbons (Fsp3) is 0.357. The maximum atomic E-state index is 12.3. The average Bonchev–Trinajstić information content (AvgIpc) is 2.82. The highest BCUT2D eigenvalue weighted by atomic mass is 16.4. The predicted octanol–water partition coefficient (Wildman–Crippen LogP) is 0.654. The SMILES string of the molecule is CC(=O)N1CCC[C@@]1(O)C(=O)Nc1ccccc1C(=O)O. The van der Waals surface area contributed by atoms with E-state index >= 15 is 0 Å². The molecule has 1 fully saturated rings. The molecule has 3 N–H and O–H groups in total. The summed E-state index contributed by atoms with van der Waals surface area (Å²) in [5.74, 6) is -2.40. The van der Waals surface area contributed by atoms with Crippen LogP contribution in [0, 0.1) is 0 Å². The van der Waals surface area contributed by atoms with Crippen molar-refractivity contribution in [3.63, 3.8) is 0 Å². The summed E-state index contributed by atoms with van der Waals surface area (Å²) in [5.41, 5.74) is -1.93. The second-order valence-electron chi connectivity index (χ2n) is 4.90. The Morgan fingerprint density at radius 1 is 1.29 bits per heavy atom. The van der Waals surface area contributed by atoms with Gasteiger partial charge >= 0.3 is 5.97 Å². The van der Waals surface area contributed by atoms with Gasteiger partial charge in [0.1, 0.15) is 0 Å². The topological polar surface area (TPSA) is 107 Å². The Balaban J connectivity index is 2.26. The molecule has 0 aromatic heterocycles. The summed E-state index contributed by atoms with van der Waals surface area (Å²) < 4.78 is 0. The molecule has 7 nitrogen and oxygen atoms in total. The van der Waals surface area contributed by atoms with E-state index in [9.17, 15) is 19.5 Å². The number of carbonyl (C=O) groups excluding carboxylic acids is 2. The summed E-state index contributed by atoms with van der Waals surface area (Å²) in [4.78, 5) is 36.0. The fourth-order valence-corrected chi connectivity index (χ4v) is 2.46. The molecule has 0 unspecified atom stereocenters. The van der Waals surface area contributed by atoms with Gasteiger partial charge in [-0.15, -0.1) is 0 Å². The van der Waals surface area contributed by atoms with Crippen LogP contribution < -0.4 is 5.32 Å². The molecule has 2 rings (SSSR count). The van der Waals surface area contributed by atoms with Gasteiger partial charge < -0.3 is 20.4 Å². The number of carboxylic acids is 1. The van der Waals surface area contributed by atoms with E-state index in [0.717, 1.165) is 4.90 Å². The molecule has 0 saturated carbocycles. The van der Waals surface area contributed by atoms with Crippen LogP contribution >= 0.6 is 0 Å². The molecule has 0 radical (unpaired) electrons. The van der Waals surface area contributed by atoms with Crippen LogP contribution in [0.2, 0.25) is 0 Å². The third-order valence-electron chi connectivity index (χ3n) is 3.50. The van der Waals surface area contributed by atoms with Crippen molar-refractivity contribution < 1.29 is 24.6 Å². The summed E-state index contributed by atoms with van der Waals surface area (Å²) in [6.45, 7) is 1.56. The first-order valence-corrected chi connectivity index (χ1v) is 6.50. The molecule has 1 aliphatic rings. The Hall–Kier alpha value is -2.41. The van der Waals surface area contributed by atoms with Gasteiger partial charge in [-0.2, -0.15) is 0 Å². The minimum Gasteiger partial charge on any atom is -0.478 e. The molecule has 2 amide bonds. The zero-order valence-electron chi connectivity index (χ0n) is 11.5. The van der Waals surface area contributed by atoms with Gasteiger partial charge in [0.15, 0.2) is 0 Å². The number of amides is 2. The first-order valence-electron chi connectivity index (χ1n) is 6.50. The van der Waals surface area contributed by atoms with Gasteiger partial charge in [-0.1, -0.05) is 12.1 Å². The van der Waals surface area contributed by atoms with Gasteiger partial charge in [-0.25, -0.2) is 4.79 Å². The molecule has 1 aromatic carbocycles. The lowest BCUT2D eigenvalue weighted by Gasteiger charge is -2.31. The van der Waals surface area contributed by atoms with Crippen LogP contribution in [-0.4, -0.2) is 45.2 Å². The van der Waals surface area contributed by atoms with Crippen molar-refractivity contribution in [2.75, 3.05) is 11.9 Å². The van der Waals surface area contributed by atoms with Gasteiger partial charge in [-0.3, -0.25) is 9.59 Å². The fourth-order valence-electron chi connectivity index (χ4n) is 2.46. The molecule has 0 spiro atoms. The largest absolute Gasteiger partial charge is 0.478 e. The zero-order valence-corrected chi connectivity index (χ0v) is 11.5. The van der Waals surface area contributed by atoms with Gasteiger partial charge in [0, 0.05) is 19.9 Å². The van der Waals surface area contributed by atoms with Crippen LogP contribution in [-0.2, 0) is 9.59 Å². The standard InChI is InChI=1S/C14H16N2O5/c1-9(17)16-8-4-7-14(16,21)13(20)15-11-6-3-2-5-10(11)12(18)19/h2-3,5-6,21H,4,7-8H2,1H3,(H,15,20)(H,18,19)/t14-/m1/s1. The molecule has 7 heteroatoms. The average molecular weight is 292 g/mol. The third kappa shape index (κ3) is 2.73. The number of aliphatic hydroxyl groups is 1. The number of aromatic carboxylic acids is 1. The summed E-state index contributed by atoms with van der Waals surface area (Å²) >= 11 is 0. The Bertz CT molecular complexity index is 601. The molecular weight excluding hydrogens is 276 g/mol. The lowest BCUT2D eigenvalue weighted by molar-refractivity contribution is -0.163.